The summed E-state index contributed by atoms with van der Waals surface area (Å²) in [6.45, 7) is 6.89. The Bertz CT molecular complexity index is 680. The topological polar surface area (TPSA) is 46.6 Å². The van der Waals surface area contributed by atoms with E-state index in [-0.39, 0.29) is 24.8 Å². The van der Waals surface area contributed by atoms with Crippen LogP contribution < -0.4 is 0 Å². The second-order valence-corrected chi connectivity index (χ2v) is 7.80. The molecule has 1 amide bonds. The van der Waals surface area contributed by atoms with Crippen molar-refractivity contribution in [1.29, 1.82) is 0 Å². The highest BCUT2D eigenvalue weighted by atomic mass is 32.2. The molecule has 0 bridgehead atoms. The van der Waals surface area contributed by atoms with Crippen LogP contribution in [0.1, 0.15) is 50.7 Å². The van der Waals surface area contributed by atoms with E-state index < -0.39 is 0 Å². The Morgan fingerprint density at radius 3 is 2.60 bits per heavy atom. The van der Waals surface area contributed by atoms with Gasteiger partial charge in [-0.15, -0.1) is 0 Å². The molecule has 0 atom stereocenters. The van der Waals surface area contributed by atoms with Crippen molar-refractivity contribution in [2.45, 2.75) is 39.5 Å². The molecule has 25 heavy (non-hydrogen) atoms. The molecule has 4 nitrogen and oxygen atoms in total. The summed E-state index contributed by atoms with van der Waals surface area (Å²) >= 11 is 6.55. The Labute approximate surface area is 158 Å². The van der Waals surface area contributed by atoms with Gasteiger partial charge in [0.1, 0.15) is 4.32 Å². The van der Waals surface area contributed by atoms with Gasteiger partial charge in [-0.3, -0.25) is 14.5 Å². The van der Waals surface area contributed by atoms with Gasteiger partial charge in [0.25, 0.3) is 5.91 Å². The first-order chi connectivity index (χ1) is 11.9. The van der Waals surface area contributed by atoms with Crippen LogP contribution in [0.4, 0.5) is 0 Å². The first kappa shape index (κ1) is 19.7. The van der Waals surface area contributed by atoms with Crippen molar-refractivity contribution in [2.75, 3.05) is 13.2 Å². The number of amides is 1. The van der Waals surface area contributed by atoms with Gasteiger partial charge in [0.15, 0.2) is 0 Å². The molecule has 1 fully saturated rings. The van der Waals surface area contributed by atoms with Crippen LogP contribution in [0.5, 0.6) is 0 Å². The van der Waals surface area contributed by atoms with E-state index in [0.717, 1.165) is 12.0 Å². The normalized spacial score (nSPS) is 16.2. The highest BCUT2D eigenvalue weighted by molar-refractivity contribution is 8.26. The summed E-state index contributed by atoms with van der Waals surface area (Å²) in [6.07, 6.45) is 2.78. The van der Waals surface area contributed by atoms with Crippen molar-refractivity contribution in [1.82, 2.24) is 4.90 Å². The quantitative estimate of drug-likeness (QED) is 0.401. The maximum atomic E-state index is 12.5. The highest BCUT2D eigenvalue weighted by Crippen LogP contribution is 2.32. The predicted octanol–water partition coefficient (Wildman–Crippen LogP) is 4.35. The Kier molecular flexibility index (Phi) is 7.20. The zero-order chi connectivity index (χ0) is 18.4. The van der Waals surface area contributed by atoms with Crippen LogP contribution in [0.3, 0.4) is 0 Å². The van der Waals surface area contributed by atoms with Crippen LogP contribution in [0, 0.1) is 0 Å². The third-order valence-electron chi connectivity index (χ3n) is 3.78. The van der Waals surface area contributed by atoms with Gasteiger partial charge in [-0.1, -0.05) is 69.0 Å². The minimum Gasteiger partial charge on any atom is -0.466 e. The lowest BCUT2D eigenvalue weighted by Crippen LogP contribution is -2.30. The summed E-state index contributed by atoms with van der Waals surface area (Å²) in [6, 6.07) is 8.15. The monoisotopic (exact) mass is 377 g/mol. The minimum absolute atomic E-state index is 0.147. The molecule has 1 aliphatic heterocycles. The third-order valence-corrected chi connectivity index (χ3v) is 5.16. The summed E-state index contributed by atoms with van der Waals surface area (Å²) in [4.78, 5) is 26.2. The first-order valence-electron chi connectivity index (χ1n) is 8.43. The van der Waals surface area contributed by atoms with Crippen molar-refractivity contribution in [2.24, 2.45) is 0 Å². The van der Waals surface area contributed by atoms with Crippen LogP contribution in [-0.4, -0.2) is 34.2 Å². The molecule has 1 aromatic rings. The highest BCUT2D eigenvalue weighted by Gasteiger charge is 2.32. The molecule has 0 aromatic heterocycles. The van der Waals surface area contributed by atoms with Crippen LogP contribution in [0.2, 0.25) is 0 Å². The van der Waals surface area contributed by atoms with Gasteiger partial charge >= 0.3 is 5.97 Å². The van der Waals surface area contributed by atoms with E-state index in [0.29, 0.717) is 21.8 Å². The van der Waals surface area contributed by atoms with Crippen molar-refractivity contribution >= 4 is 46.3 Å². The van der Waals surface area contributed by atoms with Gasteiger partial charge in [-0.05, 0) is 29.5 Å². The molecule has 0 unspecified atom stereocenters. The summed E-state index contributed by atoms with van der Waals surface area (Å²) in [5.74, 6) is 0.0232. The number of hydrogen-bond acceptors (Lipinski definition) is 5. The summed E-state index contributed by atoms with van der Waals surface area (Å²) in [7, 11) is 0. The Balaban J connectivity index is 2.01. The smallest absolute Gasteiger partial charge is 0.307 e. The fraction of sp³-hybridized carbons (Fsp3) is 0.421. The van der Waals surface area contributed by atoms with Crippen LogP contribution in [0.15, 0.2) is 29.2 Å². The standard InChI is InChI=1S/C19H23NO3S2/c1-4-11-23-17(21)9-10-20-18(22)16(25-19(20)24)12-14-5-7-15(8-6-14)13(2)3/h5-8,12-13H,4,9-11H2,1-3H3/b16-12-. The number of thioether (sulfide) groups is 1. The molecule has 1 aromatic carbocycles. The van der Waals surface area contributed by atoms with Crippen molar-refractivity contribution < 1.29 is 14.3 Å². The average molecular weight is 378 g/mol. The maximum Gasteiger partial charge on any atom is 0.307 e. The minimum atomic E-state index is -0.302. The number of thiocarbonyl (C=S) groups is 1. The van der Waals surface area contributed by atoms with Crippen molar-refractivity contribution in [3.8, 4) is 0 Å². The molecule has 134 valence electrons. The predicted molar refractivity (Wildman–Crippen MR) is 106 cm³/mol. The number of rotatable bonds is 7. The molecular formula is C19H23NO3S2. The van der Waals surface area contributed by atoms with Crippen LogP contribution in [-0.2, 0) is 14.3 Å². The van der Waals surface area contributed by atoms with E-state index in [1.807, 2.05) is 25.1 Å². The van der Waals surface area contributed by atoms with E-state index in [9.17, 15) is 9.59 Å². The van der Waals surface area contributed by atoms with Crippen LogP contribution in [0.25, 0.3) is 6.08 Å². The zero-order valence-electron chi connectivity index (χ0n) is 14.8. The Hall–Kier alpha value is -1.66. The maximum absolute atomic E-state index is 12.5. The number of hydrogen-bond donors (Lipinski definition) is 0. The summed E-state index contributed by atoms with van der Waals surface area (Å²) in [5, 5.41) is 0. The first-order valence-corrected chi connectivity index (χ1v) is 9.65. The molecule has 0 N–H and O–H groups in total. The molecule has 0 saturated carbocycles. The molecular weight excluding hydrogens is 354 g/mol. The number of benzene rings is 1. The SMILES string of the molecule is CCCOC(=O)CCN1C(=O)/C(=C/c2ccc(C(C)C)cc2)SC1=S. The number of carbonyl (C=O) groups excluding carboxylic acids is 2. The molecule has 1 aliphatic rings. The molecule has 6 heteroatoms. The second-order valence-electron chi connectivity index (χ2n) is 6.13. The van der Waals surface area contributed by atoms with Crippen molar-refractivity contribution in [3.05, 3.63) is 40.3 Å². The van der Waals surface area contributed by atoms with Crippen LogP contribution >= 0.6 is 24.0 Å². The number of nitrogens with zero attached hydrogens (tertiary/aromatic N) is 1. The number of esters is 1. The van der Waals surface area contributed by atoms with Gasteiger partial charge in [0, 0.05) is 6.54 Å². The van der Waals surface area contributed by atoms with E-state index >= 15 is 0 Å². The van der Waals surface area contributed by atoms with E-state index in [1.54, 1.807) is 0 Å². The molecule has 1 saturated heterocycles. The molecule has 0 aliphatic carbocycles. The second kappa shape index (κ2) is 9.15. The number of ether oxygens (including phenoxy) is 1. The lowest BCUT2D eigenvalue weighted by atomic mass is 10.0. The summed E-state index contributed by atoms with van der Waals surface area (Å²) in [5.41, 5.74) is 2.22. The molecule has 2 rings (SSSR count). The molecule has 0 radical (unpaired) electrons. The Morgan fingerprint density at radius 1 is 1.32 bits per heavy atom. The zero-order valence-corrected chi connectivity index (χ0v) is 16.4. The largest absolute Gasteiger partial charge is 0.466 e. The fourth-order valence-corrected chi connectivity index (χ4v) is 3.62. The molecule has 1 heterocycles. The van der Waals surface area contributed by atoms with Gasteiger partial charge in [0.2, 0.25) is 0 Å². The lowest BCUT2D eigenvalue weighted by Gasteiger charge is -2.13. The van der Waals surface area contributed by atoms with E-state index in [2.05, 4.69) is 26.0 Å². The van der Waals surface area contributed by atoms with E-state index in [1.165, 1.54) is 22.2 Å². The van der Waals surface area contributed by atoms with E-state index in [4.69, 9.17) is 17.0 Å². The fourth-order valence-electron chi connectivity index (χ4n) is 2.31. The Morgan fingerprint density at radius 2 is 2.00 bits per heavy atom. The van der Waals surface area contributed by atoms with Gasteiger partial charge in [-0.2, -0.15) is 0 Å². The summed E-state index contributed by atoms with van der Waals surface area (Å²) < 4.78 is 5.52. The molecule has 0 spiro atoms. The third kappa shape index (κ3) is 5.41. The lowest BCUT2D eigenvalue weighted by molar-refractivity contribution is -0.143. The van der Waals surface area contributed by atoms with Gasteiger partial charge in [-0.25, -0.2) is 0 Å². The van der Waals surface area contributed by atoms with Gasteiger partial charge in [0.05, 0.1) is 17.9 Å². The van der Waals surface area contributed by atoms with Crippen molar-refractivity contribution in [3.63, 3.8) is 0 Å². The average Bonchev–Trinajstić information content (AvgIpc) is 2.85. The number of carbonyl (C=O) groups is 2. The van der Waals surface area contributed by atoms with Gasteiger partial charge < -0.3 is 4.74 Å².